The van der Waals surface area contributed by atoms with Gasteiger partial charge in [-0.3, -0.25) is 4.79 Å². The Kier molecular flexibility index (Phi) is 5.58. The van der Waals surface area contributed by atoms with E-state index in [2.05, 4.69) is 5.32 Å². The Hall–Kier alpha value is -2.38. The molecule has 2 aromatic carbocycles. The average Bonchev–Trinajstić information content (AvgIpc) is 2.63. The molecular formula is C19H22N2O4S. The number of hydrogen-bond donors (Lipinski definition) is 1. The Morgan fingerprint density at radius 1 is 1.04 bits per heavy atom. The largest absolute Gasteiger partial charge is 0.455 e. The highest BCUT2D eigenvalue weighted by atomic mass is 32.2. The second kappa shape index (κ2) is 7.88. The molecule has 1 heterocycles. The summed E-state index contributed by atoms with van der Waals surface area (Å²) in [6.45, 7) is 0.748. The van der Waals surface area contributed by atoms with Crippen molar-refractivity contribution in [3.05, 3.63) is 54.6 Å². The van der Waals surface area contributed by atoms with Crippen molar-refractivity contribution in [1.82, 2.24) is 4.31 Å². The fraction of sp³-hybridized carbons (Fsp3) is 0.316. The second-order valence-electron chi connectivity index (χ2n) is 6.34. The first-order valence-corrected chi connectivity index (χ1v) is 10.4. The molecule has 7 heteroatoms. The van der Waals surface area contributed by atoms with E-state index in [1.807, 2.05) is 42.5 Å². The molecule has 1 N–H and O–H groups in total. The molecule has 2 aromatic rings. The molecule has 0 saturated carbocycles. The van der Waals surface area contributed by atoms with Crippen LogP contribution in [0, 0.1) is 5.92 Å². The number of nitrogens with zero attached hydrogens (tertiary/aromatic N) is 1. The Balaban J connectivity index is 1.65. The van der Waals surface area contributed by atoms with Crippen molar-refractivity contribution < 1.29 is 17.9 Å². The molecule has 0 atom stereocenters. The zero-order chi connectivity index (χ0) is 18.6. The third-order valence-electron chi connectivity index (χ3n) is 4.41. The van der Waals surface area contributed by atoms with Crippen LogP contribution in [-0.4, -0.2) is 38.0 Å². The third kappa shape index (κ3) is 4.62. The van der Waals surface area contributed by atoms with Crippen LogP contribution < -0.4 is 10.1 Å². The van der Waals surface area contributed by atoms with Crippen molar-refractivity contribution in [2.75, 3.05) is 24.7 Å². The van der Waals surface area contributed by atoms with Crippen LogP contribution in [0.3, 0.4) is 0 Å². The smallest absolute Gasteiger partial charge is 0.227 e. The van der Waals surface area contributed by atoms with Gasteiger partial charge in [0.15, 0.2) is 5.75 Å². The van der Waals surface area contributed by atoms with Crippen LogP contribution in [0.2, 0.25) is 0 Å². The minimum atomic E-state index is -3.19. The summed E-state index contributed by atoms with van der Waals surface area (Å²) in [6, 6.07) is 16.6. The first kappa shape index (κ1) is 18.4. The summed E-state index contributed by atoms with van der Waals surface area (Å²) in [4.78, 5) is 12.6. The van der Waals surface area contributed by atoms with Gasteiger partial charge in [0.1, 0.15) is 5.75 Å². The van der Waals surface area contributed by atoms with E-state index >= 15 is 0 Å². The molecule has 0 bridgehead atoms. The molecule has 0 radical (unpaired) electrons. The van der Waals surface area contributed by atoms with Gasteiger partial charge >= 0.3 is 0 Å². The van der Waals surface area contributed by atoms with Gasteiger partial charge in [-0.25, -0.2) is 12.7 Å². The van der Waals surface area contributed by atoms with Crippen molar-refractivity contribution in [2.24, 2.45) is 5.92 Å². The number of rotatable bonds is 5. The van der Waals surface area contributed by atoms with Crippen molar-refractivity contribution >= 4 is 21.6 Å². The summed E-state index contributed by atoms with van der Waals surface area (Å²) in [7, 11) is -3.19. The first-order chi connectivity index (χ1) is 12.4. The standard InChI is InChI=1S/C19H22N2O4S/c1-26(23,24)21-13-11-15(12-14-21)19(22)20-17-9-5-6-10-18(17)25-16-7-3-2-4-8-16/h2-10,15H,11-14H2,1H3,(H,20,22). The van der Waals surface area contributed by atoms with E-state index in [-0.39, 0.29) is 11.8 Å². The maximum absolute atomic E-state index is 12.6. The summed E-state index contributed by atoms with van der Waals surface area (Å²) >= 11 is 0. The second-order valence-corrected chi connectivity index (χ2v) is 8.32. The quantitative estimate of drug-likeness (QED) is 0.873. The van der Waals surface area contributed by atoms with Crippen molar-refractivity contribution in [3.8, 4) is 11.5 Å². The van der Waals surface area contributed by atoms with E-state index in [0.29, 0.717) is 43.1 Å². The highest BCUT2D eigenvalue weighted by Gasteiger charge is 2.29. The maximum Gasteiger partial charge on any atom is 0.227 e. The van der Waals surface area contributed by atoms with Crippen LogP contribution in [-0.2, 0) is 14.8 Å². The monoisotopic (exact) mass is 374 g/mol. The molecule has 26 heavy (non-hydrogen) atoms. The van der Waals surface area contributed by atoms with Crippen LogP contribution in [0.1, 0.15) is 12.8 Å². The summed E-state index contributed by atoms with van der Waals surface area (Å²) in [6.07, 6.45) is 2.23. The van der Waals surface area contributed by atoms with Gasteiger partial charge in [-0.1, -0.05) is 30.3 Å². The van der Waals surface area contributed by atoms with E-state index < -0.39 is 10.0 Å². The fourth-order valence-corrected chi connectivity index (χ4v) is 3.83. The van der Waals surface area contributed by atoms with Gasteiger partial charge in [0.05, 0.1) is 11.9 Å². The normalized spacial score (nSPS) is 16.2. The molecule has 1 fully saturated rings. The van der Waals surface area contributed by atoms with Gasteiger partial charge in [-0.05, 0) is 37.1 Å². The van der Waals surface area contributed by atoms with Crippen molar-refractivity contribution in [1.29, 1.82) is 0 Å². The van der Waals surface area contributed by atoms with Crippen molar-refractivity contribution in [3.63, 3.8) is 0 Å². The lowest BCUT2D eigenvalue weighted by atomic mass is 9.97. The van der Waals surface area contributed by atoms with Crippen LogP contribution in [0.25, 0.3) is 0 Å². The first-order valence-electron chi connectivity index (χ1n) is 8.51. The number of carbonyl (C=O) groups excluding carboxylic acids is 1. The number of hydrogen-bond acceptors (Lipinski definition) is 4. The third-order valence-corrected chi connectivity index (χ3v) is 5.71. The zero-order valence-corrected chi connectivity index (χ0v) is 15.4. The highest BCUT2D eigenvalue weighted by Crippen LogP contribution is 2.30. The molecule has 1 aliphatic heterocycles. The molecule has 0 unspecified atom stereocenters. The van der Waals surface area contributed by atoms with E-state index in [1.54, 1.807) is 12.1 Å². The Labute approximate surface area is 153 Å². The number of piperidine rings is 1. The minimum Gasteiger partial charge on any atom is -0.455 e. The van der Waals surface area contributed by atoms with Gasteiger partial charge < -0.3 is 10.1 Å². The number of sulfonamides is 1. The number of anilines is 1. The Bertz CT molecular complexity index is 860. The maximum atomic E-state index is 12.6. The lowest BCUT2D eigenvalue weighted by Crippen LogP contribution is -2.40. The van der Waals surface area contributed by atoms with Crippen LogP contribution >= 0.6 is 0 Å². The van der Waals surface area contributed by atoms with Gasteiger partial charge in [0.25, 0.3) is 0 Å². The topological polar surface area (TPSA) is 75.7 Å². The molecule has 3 rings (SSSR count). The van der Waals surface area contributed by atoms with Crippen LogP contribution in [0.4, 0.5) is 5.69 Å². The predicted octanol–water partition coefficient (Wildman–Crippen LogP) is 3.09. The highest BCUT2D eigenvalue weighted by molar-refractivity contribution is 7.88. The summed E-state index contributed by atoms with van der Waals surface area (Å²) in [5.41, 5.74) is 0.604. The fourth-order valence-electron chi connectivity index (χ4n) is 2.96. The van der Waals surface area contributed by atoms with E-state index in [1.165, 1.54) is 10.6 Å². The minimum absolute atomic E-state index is 0.109. The van der Waals surface area contributed by atoms with E-state index in [9.17, 15) is 13.2 Å². The lowest BCUT2D eigenvalue weighted by molar-refractivity contribution is -0.120. The molecule has 0 aromatic heterocycles. The average molecular weight is 374 g/mol. The number of para-hydroxylation sites is 3. The van der Waals surface area contributed by atoms with Crippen LogP contribution in [0.5, 0.6) is 11.5 Å². The Morgan fingerprint density at radius 3 is 2.31 bits per heavy atom. The summed E-state index contributed by atoms with van der Waals surface area (Å²) in [5.74, 6) is 0.941. The van der Waals surface area contributed by atoms with E-state index in [0.717, 1.165) is 0 Å². The predicted molar refractivity (Wildman–Crippen MR) is 101 cm³/mol. The molecule has 1 saturated heterocycles. The SMILES string of the molecule is CS(=O)(=O)N1CCC(C(=O)Nc2ccccc2Oc2ccccc2)CC1. The lowest BCUT2D eigenvalue weighted by Gasteiger charge is -2.29. The van der Waals surface area contributed by atoms with Gasteiger partial charge in [0.2, 0.25) is 15.9 Å². The number of carbonyl (C=O) groups is 1. The van der Waals surface area contributed by atoms with Gasteiger partial charge in [-0.15, -0.1) is 0 Å². The summed E-state index contributed by atoms with van der Waals surface area (Å²) < 4.78 is 30.4. The van der Waals surface area contributed by atoms with Crippen LogP contribution in [0.15, 0.2) is 54.6 Å². The Morgan fingerprint density at radius 2 is 1.65 bits per heavy atom. The number of ether oxygens (including phenoxy) is 1. The number of benzene rings is 2. The molecule has 1 aliphatic rings. The molecule has 0 spiro atoms. The van der Waals surface area contributed by atoms with Crippen molar-refractivity contribution in [2.45, 2.75) is 12.8 Å². The summed E-state index contributed by atoms with van der Waals surface area (Å²) in [5, 5.41) is 2.92. The number of nitrogens with one attached hydrogen (secondary N) is 1. The molecular weight excluding hydrogens is 352 g/mol. The molecule has 6 nitrogen and oxygen atoms in total. The van der Waals surface area contributed by atoms with Gasteiger partial charge in [0, 0.05) is 19.0 Å². The molecule has 0 aliphatic carbocycles. The molecule has 138 valence electrons. The number of amides is 1. The zero-order valence-electron chi connectivity index (χ0n) is 14.6. The van der Waals surface area contributed by atoms with E-state index in [4.69, 9.17) is 4.74 Å². The van der Waals surface area contributed by atoms with Gasteiger partial charge in [-0.2, -0.15) is 0 Å². The molecule has 1 amide bonds.